The van der Waals surface area contributed by atoms with E-state index in [1.165, 1.54) is 12.8 Å². The number of carbonyl (C=O) groups excluding carboxylic acids is 1. The largest absolute Gasteiger partial charge is 0.367 e. The fourth-order valence-corrected chi connectivity index (χ4v) is 1.91. The molecule has 0 bridgehead atoms. The van der Waals surface area contributed by atoms with Crippen LogP contribution in [-0.4, -0.2) is 18.9 Å². The topological polar surface area (TPSA) is 44.1 Å². The summed E-state index contributed by atoms with van der Waals surface area (Å²) in [5.41, 5.74) is 1.68. The van der Waals surface area contributed by atoms with E-state index >= 15 is 0 Å². The lowest BCUT2D eigenvalue weighted by Gasteiger charge is -2.24. The van der Waals surface area contributed by atoms with Gasteiger partial charge in [0.05, 0.1) is 12.5 Å². The highest BCUT2D eigenvalue weighted by Gasteiger charge is 2.29. The van der Waals surface area contributed by atoms with Gasteiger partial charge >= 0.3 is 0 Å². The van der Waals surface area contributed by atoms with Gasteiger partial charge in [-0.3, -0.25) is 4.79 Å². The van der Waals surface area contributed by atoms with Gasteiger partial charge in [0, 0.05) is 23.8 Å². The summed E-state index contributed by atoms with van der Waals surface area (Å²) in [6, 6.07) is 10.3. The average molecular weight is 214 g/mol. The molecule has 3 heteroatoms. The third kappa shape index (κ3) is 2.22. The van der Waals surface area contributed by atoms with E-state index in [0.717, 1.165) is 12.0 Å². The van der Waals surface area contributed by atoms with Crippen molar-refractivity contribution in [3.05, 3.63) is 29.8 Å². The number of hydrogen-bond donors (Lipinski definition) is 0. The van der Waals surface area contributed by atoms with Crippen LogP contribution in [0.4, 0.5) is 5.69 Å². The molecule has 16 heavy (non-hydrogen) atoms. The Labute approximate surface area is 95.3 Å². The standard InChI is InChI=1S/C13H14N2O/c14-8-3-9-15(12-6-7-12)13-5-2-1-4-11(13)10-16/h1-2,4-5,10,12H,3,6-7,9H2. The summed E-state index contributed by atoms with van der Waals surface area (Å²) < 4.78 is 0. The van der Waals surface area contributed by atoms with Crippen LogP contribution in [0.5, 0.6) is 0 Å². The Bertz CT molecular complexity index is 418. The molecule has 1 aromatic rings. The number of para-hydroxylation sites is 1. The molecule has 0 saturated heterocycles. The van der Waals surface area contributed by atoms with E-state index in [0.29, 0.717) is 24.6 Å². The molecule has 2 rings (SSSR count). The van der Waals surface area contributed by atoms with E-state index in [1.54, 1.807) is 0 Å². The third-order valence-corrected chi connectivity index (χ3v) is 2.83. The Hall–Kier alpha value is -1.82. The molecule has 1 aliphatic carbocycles. The minimum atomic E-state index is 0.504. The summed E-state index contributed by atoms with van der Waals surface area (Å²) in [7, 11) is 0. The molecule has 0 spiro atoms. The highest BCUT2D eigenvalue weighted by Crippen LogP contribution is 2.33. The van der Waals surface area contributed by atoms with Gasteiger partial charge in [0.25, 0.3) is 0 Å². The van der Waals surface area contributed by atoms with Gasteiger partial charge in [-0.1, -0.05) is 12.1 Å². The van der Waals surface area contributed by atoms with Crippen molar-refractivity contribution in [3.8, 4) is 6.07 Å². The van der Waals surface area contributed by atoms with E-state index in [2.05, 4.69) is 11.0 Å². The SMILES string of the molecule is N#CCCN(c1ccccc1C=O)C1CC1. The fraction of sp³-hybridized carbons (Fsp3) is 0.385. The van der Waals surface area contributed by atoms with E-state index in [9.17, 15) is 4.79 Å². The average Bonchev–Trinajstić information content (AvgIpc) is 3.14. The molecule has 0 N–H and O–H groups in total. The van der Waals surface area contributed by atoms with Crippen LogP contribution >= 0.6 is 0 Å². The highest BCUT2D eigenvalue weighted by atomic mass is 16.1. The summed E-state index contributed by atoms with van der Waals surface area (Å²) in [5, 5.41) is 8.64. The molecule has 82 valence electrons. The maximum Gasteiger partial charge on any atom is 0.152 e. The van der Waals surface area contributed by atoms with Crippen LogP contribution in [0, 0.1) is 11.3 Å². The van der Waals surface area contributed by atoms with Gasteiger partial charge in [-0.25, -0.2) is 0 Å². The first-order valence-corrected chi connectivity index (χ1v) is 5.54. The number of nitrogens with zero attached hydrogens (tertiary/aromatic N) is 2. The second-order valence-corrected chi connectivity index (χ2v) is 4.01. The molecule has 0 aliphatic heterocycles. The first-order valence-electron chi connectivity index (χ1n) is 5.54. The number of rotatable bonds is 5. The van der Waals surface area contributed by atoms with Gasteiger partial charge in [0.1, 0.15) is 0 Å². The molecule has 0 unspecified atom stereocenters. The van der Waals surface area contributed by atoms with E-state index in [-0.39, 0.29) is 0 Å². The Morgan fingerprint density at radius 3 is 2.81 bits per heavy atom. The Morgan fingerprint density at radius 2 is 2.19 bits per heavy atom. The lowest BCUT2D eigenvalue weighted by molar-refractivity contribution is 0.112. The monoisotopic (exact) mass is 214 g/mol. The van der Waals surface area contributed by atoms with E-state index in [4.69, 9.17) is 5.26 Å². The van der Waals surface area contributed by atoms with Crippen molar-refractivity contribution in [1.82, 2.24) is 0 Å². The van der Waals surface area contributed by atoms with Crippen molar-refractivity contribution in [3.63, 3.8) is 0 Å². The number of anilines is 1. The second-order valence-electron chi connectivity index (χ2n) is 4.01. The van der Waals surface area contributed by atoms with Crippen molar-refractivity contribution in [2.45, 2.75) is 25.3 Å². The molecule has 0 amide bonds. The van der Waals surface area contributed by atoms with Gasteiger partial charge in [0.2, 0.25) is 0 Å². The Balaban J connectivity index is 2.23. The van der Waals surface area contributed by atoms with Crippen LogP contribution in [-0.2, 0) is 0 Å². The molecule has 1 fully saturated rings. The third-order valence-electron chi connectivity index (χ3n) is 2.83. The van der Waals surface area contributed by atoms with Gasteiger partial charge < -0.3 is 4.90 Å². The van der Waals surface area contributed by atoms with Crippen LogP contribution < -0.4 is 4.90 Å². The van der Waals surface area contributed by atoms with Gasteiger partial charge in [-0.15, -0.1) is 0 Å². The van der Waals surface area contributed by atoms with Crippen LogP contribution in [0.3, 0.4) is 0 Å². The lowest BCUT2D eigenvalue weighted by Crippen LogP contribution is -2.27. The van der Waals surface area contributed by atoms with Crippen LogP contribution in [0.15, 0.2) is 24.3 Å². The summed E-state index contributed by atoms with van der Waals surface area (Å²) in [6.07, 6.45) is 3.72. The van der Waals surface area contributed by atoms with Crippen molar-refractivity contribution >= 4 is 12.0 Å². The quantitative estimate of drug-likeness (QED) is 0.707. The van der Waals surface area contributed by atoms with Crippen molar-refractivity contribution < 1.29 is 4.79 Å². The van der Waals surface area contributed by atoms with Crippen molar-refractivity contribution in [2.24, 2.45) is 0 Å². The predicted molar refractivity (Wildman–Crippen MR) is 62.4 cm³/mol. The maximum atomic E-state index is 11.0. The molecule has 3 nitrogen and oxygen atoms in total. The maximum absolute atomic E-state index is 11.0. The fourth-order valence-electron chi connectivity index (χ4n) is 1.91. The van der Waals surface area contributed by atoms with Gasteiger partial charge in [-0.2, -0.15) is 5.26 Å². The predicted octanol–water partition coefficient (Wildman–Crippen LogP) is 2.38. The van der Waals surface area contributed by atoms with Gasteiger partial charge in [-0.05, 0) is 25.0 Å². The molecule has 0 heterocycles. The molecule has 0 radical (unpaired) electrons. The normalized spacial score (nSPS) is 14.2. The van der Waals surface area contributed by atoms with Crippen LogP contribution in [0.1, 0.15) is 29.6 Å². The molecule has 0 aromatic heterocycles. The zero-order valence-corrected chi connectivity index (χ0v) is 9.10. The molecular formula is C13H14N2O. The molecular weight excluding hydrogens is 200 g/mol. The molecule has 0 atom stereocenters. The summed E-state index contributed by atoms with van der Waals surface area (Å²) in [6.45, 7) is 0.714. The number of benzene rings is 1. The minimum Gasteiger partial charge on any atom is -0.367 e. The molecule has 1 aliphatic rings. The van der Waals surface area contributed by atoms with Crippen molar-refractivity contribution in [2.75, 3.05) is 11.4 Å². The van der Waals surface area contributed by atoms with E-state index < -0.39 is 0 Å². The number of aldehydes is 1. The minimum absolute atomic E-state index is 0.504. The Kier molecular flexibility index (Phi) is 3.21. The zero-order valence-electron chi connectivity index (χ0n) is 9.10. The zero-order chi connectivity index (χ0) is 11.4. The van der Waals surface area contributed by atoms with Crippen LogP contribution in [0.25, 0.3) is 0 Å². The van der Waals surface area contributed by atoms with Crippen molar-refractivity contribution in [1.29, 1.82) is 5.26 Å². The molecule has 1 aromatic carbocycles. The number of hydrogen-bond acceptors (Lipinski definition) is 3. The summed E-state index contributed by atoms with van der Waals surface area (Å²) in [4.78, 5) is 13.1. The highest BCUT2D eigenvalue weighted by molar-refractivity contribution is 5.84. The van der Waals surface area contributed by atoms with Crippen LogP contribution in [0.2, 0.25) is 0 Å². The summed E-state index contributed by atoms with van der Waals surface area (Å²) in [5.74, 6) is 0. The first kappa shape index (κ1) is 10.7. The number of carbonyl (C=O) groups is 1. The Morgan fingerprint density at radius 1 is 1.44 bits per heavy atom. The number of nitriles is 1. The van der Waals surface area contributed by atoms with E-state index in [1.807, 2.05) is 24.3 Å². The molecule has 1 saturated carbocycles. The summed E-state index contributed by atoms with van der Waals surface area (Å²) >= 11 is 0. The lowest BCUT2D eigenvalue weighted by atomic mass is 10.1. The van der Waals surface area contributed by atoms with Gasteiger partial charge in [0.15, 0.2) is 6.29 Å². The smallest absolute Gasteiger partial charge is 0.152 e. The second kappa shape index (κ2) is 4.80. The first-order chi connectivity index (χ1) is 7.86.